The molecule has 0 spiro atoms. The number of unbranched alkanes of at least 4 members (excludes halogenated alkanes) is 1. The van der Waals surface area contributed by atoms with E-state index in [9.17, 15) is 4.79 Å². The Bertz CT molecular complexity index is 93.6. The maximum absolute atomic E-state index is 10.2. The van der Waals surface area contributed by atoms with Gasteiger partial charge in [-0.3, -0.25) is 4.79 Å². The van der Waals surface area contributed by atoms with Crippen LogP contribution in [-0.4, -0.2) is 11.1 Å². The van der Waals surface area contributed by atoms with E-state index in [1.165, 1.54) is 0 Å². The van der Waals surface area contributed by atoms with E-state index < -0.39 is 5.97 Å². The monoisotopic (exact) mass is 237 g/mol. The number of carboxylic acids is 1. The number of hydrogen-bond donors (Lipinski definition) is 1. The first-order valence-electron chi connectivity index (χ1n) is 3.41. The molecule has 1 radical (unpaired) electrons. The first kappa shape index (κ1) is 12.8. The van der Waals surface area contributed by atoms with Gasteiger partial charge in [-0.1, -0.05) is 26.7 Å². The third-order valence-corrected chi connectivity index (χ3v) is 1.41. The largest absolute Gasteiger partial charge is 0.481 e. The van der Waals surface area contributed by atoms with Crippen molar-refractivity contribution >= 4 is 5.97 Å². The molecule has 1 atom stereocenters. The molecule has 0 amide bonds. The van der Waals surface area contributed by atoms with Gasteiger partial charge in [-0.25, -0.2) is 0 Å². The fraction of sp³-hybridized carbons (Fsp3) is 0.857. The van der Waals surface area contributed by atoms with Gasteiger partial charge in [0.25, 0.3) is 0 Å². The molecule has 0 aliphatic heterocycles. The van der Waals surface area contributed by atoms with Gasteiger partial charge >= 0.3 is 5.97 Å². The molecule has 0 aromatic rings. The molecule has 1 N–H and O–H groups in total. The topological polar surface area (TPSA) is 37.3 Å². The molecule has 3 heteroatoms. The summed E-state index contributed by atoms with van der Waals surface area (Å²) < 4.78 is 0. The Morgan fingerprint density at radius 3 is 2.40 bits per heavy atom. The molecule has 0 rings (SSSR count). The third kappa shape index (κ3) is 6.33. The molecular weight excluding hydrogens is 224 g/mol. The van der Waals surface area contributed by atoms with E-state index in [2.05, 4.69) is 6.92 Å². The Hall–Kier alpha value is 0.210. The molecule has 0 aromatic heterocycles. The number of hydrogen-bond acceptors (Lipinski definition) is 1. The molecule has 0 saturated carbocycles. The van der Waals surface area contributed by atoms with Crippen LogP contribution in [0.2, 0.25) is 0 Å². The fourth-order valence-corrected chi connectivity index (χ4v) is 0.634. The zero-order valence-corrected chi connectivity index (χ0v) is 7.84. The second-order valence-corrected chi connectivity index (χ2v) is 2.38. The van der Waals surface area contributed by atoms with E-state index in [4.69, 9.17) is 5.11 Å². The number of carbonyl (C=O) groups is 1. The van der Waals surface area contributed by atoms with Crippen LogP contribution in [0, 0.1) is 5.92 Å². The average molecular weight is 238 g/mol. The van der Waals surface area contributed by atoms with Crippen molar-refractivity contribution in [3.63, 3.8) is 0 Å². The minimum atomic E-state index is -0.677. The summed E-state index contributed by atoms with van der Waals surface area (Å²) in [4.78, 5) is 10.2. The van der Waals surface area contributed by atoms with Crippen LogP contribution in [0.1, 0.15) is 33.1 Å². The molecule has 0 bridgehead atoms. The molecule has 2 nitrogen and oxygen atoms in total. The predicted octanol–water partition coefficient (Wildman–Crippen LogP) is 1.89. The van der Waals surface area contributed by atoms with Crippen molar-refractivity contribution in [1.82, 2.24) is 0 Å². The van der Waals surface area contributed by atoms with E-state index >= 15 is 0 Å². The van der Waals surface area contributed by atoms with Crippen LogP contribution in [0.15, 0.2) is 0 Å². The quantitative estimate of drug-likeness (QED) is 0.759. The van der Waals surface area contributed by atoms with E-state index in [1.807, 2.05) is 0 Å². The molecule has 1 unspecified atom stereocenters. The van der Waals surface area contributed by atoms with Crippen LogP contribution in [0.4, 0.5) is 0 Å². The van der Waals surface area contributed by atoms with E-state index in [-0.39, 0.29) is 28.3 Å². The van der Waals surface area contributed by atoms with Crippen molar-refractivity contribution in [2.75, 3.05) is 0 Å². The summed E-state index contributed by atoms with van der Waals surface area (Å²) in [5.74, 6) is -0.839. The van der Waals surface area contributed by atoms with Crippen LogP contribution in [0.5, 0.6) is 0 Å². The van der Waals surface area contributed by atoms with Crippen LogP contribution in [-0.2, 0) is 27.2 Å². The molecule has 0 aromatic carbocycles. The third-order valence-electron chi connectivity index (χ3n) is 1.41. The fourth-order valence-electron chi connectivity index (χ4n) is 0.634. The maximum atomic E-state index is 10.2. The molecule has 0 heterocycles. The van der Waals surface area contributed by atoms with Gasteiger partial charge in [-0.2, -0.15) is 0 Å². The molecule has 0 fully saturated rings. The van der Waals surface area contributed by atoms with Gasteiger partial charge in [0, 0.05) is 22.4 Å². The van der Waals surface area contributed by atoms with Crippen molar-refractivity contribution in [1.29, 1.82) is 0 Å². The molecule has 0 aliphatic carbocycles. The van der Waals surface area contributed by atoms with Crippen LogP contribution < -0.4 is 0 Å². The number of aliphatic carboxylic acids is 1. The maximum Gasteiger partial charge on any atom is 0.306 e. The number of carboxylic acid groups (broad SMARTS) is 1. The first-order valence-corrected chi connectivity index (χ1v) is 3.41. The van der Waals surface area contributed by atoms with Gasteiger partial charge in [0.15, 0.2) is 0 Å². The van der Waals surface area contributed by atoms with Crippen molar-refractivity contribution in [3.8, 4) is 0 Å². The van der Waals surface area contributed by atoms with Crippen LogP contribution in [0.25, 0.3) is 0 Å². The van der Waals surface area contributed by atoms with E-state index in [0.717, 1.165) is 19.3 Å². The Morgan fingerprint density at radius 2 is 2.10 bits per heavy atom. The molecule has 65 valence electrons. The van der Waals surface area contributed by atoms with Crippen LogP contribution in [0.3, 0.4) is 0 Å². The van der Waals surface area contributed by atoms with E-state index in [1.54, 1.807) is 6.92 Å². The van der Waals surface area contributed by atoms with Gasteiger partial charge < -0.3 is 5.11 Å². The summed E-state index contributed by atoms with van der Waals surface area (Å²) in [5, 5.41) is 8.41. The first-order chi connectivity index (χ1) is 4.18. The normalized spacial score (nSPS) is 11.8. The summed E-state index contributed by atoms with van der Waals surface area (Å²) in [6, 6.07) is 0. The second-order valence-electron chi connectivity index (χ2n) is 2.38. The summed E-state index contributed by atoms with van der Waals surface area (Å²) in [6.07, 6.45) is 2.91. The van der Waals surface area contributed by atoms with Gasteiger partial charge in [-0.05, 0) is 6.42 Å². The smallest absolute Gasteiger partial charge is 0.306 e. The van der Waals surface area contributed by atoms with Crippen molar-refractivity contribution in [3.05, 3.63) is 0 Å². The molecule has 10 heavy (non-hydrogen) atoms. The Morgan fingerprint density at radius 1 is 1.60 bits per heavy atom. The Kier molecular flexibility index (Phi) is 9.40. The summed E-state index contributed by atoms with van der Waals surface area (Å²) in [5.41, 5.74) is 0. The summed E-state index contributed by atoms with van der Waals surface area (Å²) >= 11 is 0. The SMILES string of the molecule is CCCCC(C)C(=O)O.[Ag]. The Labute approximate surface area is 77.5 Å². The van der Waals surface area contributed by atoms with Crippen LogP contribution >= 0.6 is 0 Å². The molecule has 0 aliphatic rings. The van der Waals surface area contributed by atoms with Gasteiger partial charge in [-0.15, -0.1) is 0 Å². The zero-order chi connectivity index (χ0) is 7.28. The minimum absolute atomic E-state index is 0. The van der Waals surface area contributed by atoms with Gasteiger partial charge in [0.1, 0.15) is 0 Å². The number of rotatable bonds is 4. The molecule has 0 saturated heterocycles. The average Bonchev–Trinajstić information content (AvgIpc) is 1.82. The Balaban J connectivity index is 0. The summed E-state index contributed by atoms with van der Waals surface area (Å²) in [6.45, 7) is 3.81. The van der Waals surface area contributed by atoms with Gasteiger partial charge in [0.05, 0.1) is 5.92 Å². The second kappa shape index (κ2) is 7.32. The standard InChI is InChI=1S/C7H14O2.Ag/c1-3-4-5-6(2)7(8)9;/h6H,3-5H2,1-2H3,(H,8,9);. The van der Waals surface area contributed by atoms with Crippen molar-refractivity contribution in [2.24, 2.45) is 5.92 Å². The predicted molar refractivity (Wildman–Crippen MR) is 36.3 cm³/mol. The zero-order valence-electron chi connectivity index (χ0n) is 6.36. The minimum Gasteiger partial charge on any atom is -0.481 e. The molecular formula is C7H14AgO2. The van der Waals surface area contributed by atoms with Crippen molar-refractivity contribution < 1.29 is 32.3 Å². The van der Waals surface area contributed by atoms with Crippen molar-refractivity contribution in [2.45, 2.75) is 33.1 Å². The summed E-state index contributed by atoms with van der Waals surface area (Å²) in [7, 11) is 0. The van der Waals surface area contributed by atoms with Gasteiger partial charge in [0.2, 0.25) is 0 Å². The van der Waals surface area contributed by atoms with E-state index in [0.29, 0.717) is 0 Å².